The monoisotopic (exact) mass is 348 g/mol. The summed E-state index contributed by atoms with van der Waals surface area (Å²) in [4.78, 5) is 21.0. The first kappa shape index (κ1) is 16.3. The van der Waals surface area contributed by atoms with E-state index in [0.717, 1.165) is 43.0 Å². The second-order valence-electron chi connectivity index (χ2n) is 6.33. The second kappa shape index (κ2) is 7.00. The summed E-state index contributed by atoms with van der Waals surface area (Å²) < 4.78 is 5.03. The van der Waals surface area contributed by atoms with E-state index in [9.17, 15) is 4.79 Å². The number of benzene rings is 2. The Morgan fingerprint density at radius 1 is 0.962 bits per heavy atom. The summed E-state index contributed by atoms with van der Waals surface area (Å²) in [5.41, 5.74) is 2.82. The molecule has 1 aliphatic rings. The van der Waals surface area contributed by atoms with Crippen molar-refractivity contribution in [3.63, 3.8) is 0 Å². The highest BCUT2D eigenvalue weighted by molar-refractivity contribution is 5.94. The van der Waals surface area contributed by atoms with Gasteiger partial charge in [-0.15, -0.1) is 0 Å². The van der Waals surface area contributed by atoms with Gasteiger partial charge < -0.3 is 14.3 Å². The average molecular weight is 348 g/mol. The van der Waals surface area contributed by atoms with Crippen molar-refractivity contribution in [3.05, 3.63) is 66.1 Å². The van der Waals surface area contributed by atoms with Gasteiger partial charge in [0.2, 0.25) is 11.7 Å². The van der Waals surface area contributed by atoms with E-state index in [1.807, 2.05) is 47.4 Å². The predicted octanol–water partition coefficient (Wildman–Crippen LogP) is 3.01. The van der Waals surface area contributed by atoms with Crippen LogP contribution in [0.25, 0.3) is 11.4 Å². The summed E-state index contributed by atoms with van der Waals surface area (Å²) in [7, 11) is 0. The minimum atomic E-state index is 0.105. The summed E-state index contributed by atoms with van der Waals surface area (Å²) in [5.74, 6) is 1.27. The topological polar surface area (TPSA) is 62.5 Å². The molecule has 3 aromatic rings. The lowest BCUT2D eigenvalue weighted by Gasteiger charge is -2.36. The lowest BCUT2D eigenvalue weighted by atomic mass is 10.1. The van der Waals surface area contributed by atoms with Gasteiger partial charge in [0.15, 0.2) is 0 Å². The molecule has 1 saturated heterocycles. The van der Waals surface area contributed by atoms with Crippen LogP contribution >= 0.6 is 0 Å². The van der Waals surface area contributed by atoms with Crippen LogP contribution in [0.5, 0.6) is 0 Å². The molecule has 2 heterocycles. The number of hydrogen-bond donors (Lipinski definition) is 0. The highest BCUT2D eigenvalue weighted by atomic mass is 16.5. The van der Waals surface area contributed by atoms with Crippen molar-refractivity contribution in [2.24, 2.45) is 0 Å². The molecule has 1 aliphatic heterocycles. The van der Waals surface area contributed by atoms with Crippen molar-refractivity contribution in [2.75, 3.05) is 31.1 Å². The van der Waals surface area contributed by atoms with E-state index in [4.69, 9.17) is 4.52 Å². The molecule has 0 aliphatic carbocycles. The van der Waals surface area contributed by atoms with Crippen LogP contribution in [0.3, 0.4) is 0 Å². The fourth-order valence-electron chi connectivity index (χ4n) is 3.17. The van der Waals surface area contributed by atoms with Gasteiger partial charge in [0, 0.05) is 49.9 Å². The van der Waals surface area contributed by atoms with Gasteiger partial charge in [0.05, 0.1) is 0 Å². The molecule has 4 rings (SSSR count). The summed E-state index contributed by atoms with van der Waals surface area (Å²) in [6, 6.07) is 17.6. The smallest absolute Gasteiger partial charge is 0.253 e. The van der Waals surface area contributed by atoms with Crippen molar-refractivity contribution >= 4 is 11.6 Å². The normalized spacial score (nSPS) is 14.5. The lowest BCUT2D eigenvalue weighted by molar-refractivity contribution is 0.0747. The van der Waals surface area contributed by atoms with Gasteiger partial charge in [-0.1, -0.05) is 23.4 Å². The first-order valence-electron chi connectivity index (χ1n) is 8.71. The largest absolute Gasteiger partial charge is 0.368 e. The first-order chi connectivity index (χ1) is 12.7. The van der Waals surface area contributed by atoms with Gasteiger partial charge in [-0.2, -0.15) is 4.98 Å². The molecule has 132 valence electrons. The molecule has 0 unspecified atom stereocenters. The number of aryl methyl sites for hydroxylation is 1. The SMILES string of the molecule is Cc1nc(-c2ccc(N3CCN(C(=O)c4ccccc4)CC3)cc2)no1. The molecule has 2 aromatic carbocycles. The molecule has 0 atom stereocenters. The molecule has 0 bridgehead atoms. The number of nitrogens with zero attached hydrogens (tertiary/aromatic N) is 4. The molecular formula is C20H20N4O2. The molecule has 1 fully saturated rings. The zero-order valence-electron chi connectivity index (χ0n) is 14.6. The Bertz CT molecular complexity index is 882. The number of hydrogen-bond acceptors (Lipinski definition) is 5. The van der Waals surface area contributed by atoms with Gasteiger partial charge in [-0.05, 0) is 36.4 Å². The van der Waals surface area contributed by atoms with Crippen LogP contribution in [0, 0.1) is 6.92 Å². The zero-order valence-corrected chi connectivity index (χ0v) is 14.6. The van der Waals surface area contributed by atoms with E-state index in [1.54, 1.807) is 6.92 Å². The molecule has 6 heteroatoms. The highest BCUT2D eigenvalue weighted by Gasteiger charge is 2.22. The maximum absolute atomic E-state index is 12.5. The molecule has 6 nitrogen and oxygen atoms in total. The maximum atomic E-state index is 12.5. The molecule has 0 spiro atoms. The van der Waals surface area contributed by atoms with Crippen LogP contribution in [0.1, 0.15) is 16.2 Å². The van der Waals surface area contributed by atoms with Crippen molar-refractivity contribution in [3.8, 4) is 11.4 Å². The number of amides is 1. The van der Waals surface area contributed by atoms with Crippen LogP contribution in [0.4, 0.5) is 5.69 Å². The van der Waals surface area contributed by atoms with Gasteiger partial charge in [-0.3, -0.25) is 4.79 Å². The summed E-state index contributed by atoms with van der Waals surface area (Å²) >= 11 is 0. The number of carbonyl (C=O) groups excluding carboxylic acids is 1. The Morgan fingerprint density at radius 2 is 1.65 bits per heavy atom. The minimum absolute atomic E-state index is 0.105. The second-order valence-corrected chi connectivity index (χ2v) is 6.33. The fourth-order valence-corrected chi connectivity index (χ4v) is 3.17. The van der Waals surface area contributed by atoms with Crippen LogP contribution in [0.2, 0.25) is 0 Å². The molecule has 0 radical (unpaired) electrons. The third-order valence-corrected chi connectivity index (χ3v) is 4.61. The van der Waals surface area contributed by atoms with E-state index < -0.39 is 0 Å². The van der Waals surface area contributed by atoms with E-state index in [-0.39, 0.29) is 5.91 Å². The molecule has 0 saturated carbocycles. The van der Waals surface area contributed by atoms with E-state index in [1.165, 1.54) is 0 Å². The predicted molar refractivity (Wildman–Crippen MR) is 99.0 cm³/mol. The van der Waals surface area contributed by atoms with Crippen molar-refractivity contribution in [1.29, 1.82) is 0 Å². The van der Waals surface area contributed by atoms with Crippen LogP contribution in [-0.2, 0) is 0 Å². The summed E-state index contributed by atoms with van der Waals surface area (Å²) in [6.07, 6.45) is 0. The van der Waals surface area contributed by atoms with E-state index in [2.05, 4.69) is 27.2 Å². The highest BCUT2D eigenvalue weighted by Crippen LogP contribution is 2.22. The Morgan fingerprint density at radius 3 is 2.27 bits per heavy atom. The standard InChI is InChI=1S/C20H20N4O2/c1-15-21-19(22-26-15)16-7-9-18(10-8-16)23-11-13-24(14-12-23)20(25)17-5-3-2-4-6-17/h2-10H,11-14H2,1H3. The summed E-state index contributed by atoms with van der Waals surface area (Å²) in [6.45, 7) is 4.86. The molecule has 26 heavy (non-hydrogen) atoms. The third-order valence-electron chi connectivity index (χ3n) is 4.61. The van der Waals surface area contributed by atoms with Crippen LogP contribution in [-0.4, -0.2) is 47.1 Å². The van der Waals surface area contributed by atoms with Crippen LogP contribution in [0.15, 0.2) is 59.1 Å². The number of rotatable bonds is 3. The third kappa shape index (κ3) is 3.31. The van der Waals surface area contributed by atoms with Crippen molar-refractivity contribution < 1.29 is 9.32 Å². The van der Waals surface area contributed by atoms with Gasteiger partial charge in [0.1, 0.15) is 0 Å². The van der Waals surface area contributed by atoms with E-state index in [0.29, 0.717) is 11.7 Å². The minimum Gasteiger partial charge on any atom is -0.368 e. The first-order valence-corrected chi connectivity index (χ1v) is 8.71. The Hall–Kier alpha value is -3.15. The van der Waals surface area contributed by atoms with Crippen molar-refractivity contribution in [2.45, 2.75) is 6.92 Å². The van der Waals surface area contributed by atoms with Crippen molar-refractivity contribution in [1.82, 2.24) is 15.0 Å². The molecule has 0 N–H and O–H groups in total. The van der Waals surface area contributed by atoms with Gasteiger partial charge >= 0.3 is 0 Å². The molecule has 1 aromatic heterocycles. The quantitative estimate of drug-likeness (QED) is 0.728. The number of aromatic nitrogens is 2. The number of carbonyl (C=O) groups is 1. The number of anilines is 1. The van der Waals surface area contributed by atoms with E-state index >= 15 is 0 Å². The summed E-state index contributed by atoms with van der Waals surface area (Å²) in [5, 5.41) is 3.94. The average Bonchev–Trinajstić information content (AvgIpc) is 3.15. The van der Waals surface area contributed by atoms with Gasteiger partial charge in [0.25, 0.3) is 5.91 Å². The Balaban J connectivity index is 1.39. The Labute approximate surface area is 152 Å². The fraction of sp³-hybridized carbons (Fsp3) is 0.250. The van der Waals surface area contributed by atoms with Gasteiger partial charge in [-0.25, -0.2) is 0 Å². The van der Waals surface area contributed by atoms with Crippen LogP contribution < -0.4 is 4.90 Å². The zero-order chi connectivity index (χ0) is 17.9. The molecular weight excluding hydrogens is 328 g/mol. The lowest BCUT2D eigenvalue weighted by Crippen LogP contribution is -2.48. The Kier molecular flexibility index (Phi) is 4.39. The molecule has 1 amide bonds. The maximum Gasteiger partial charge on any atom is 0.253 e. The number of piperazine rings is 1.